The summed E-state index contributed by atoms with van der Waals surface area (Å²) in [7, 11) is 0. The van der Waals surface area contributed by atoms with Gasteiger partial charge in [0, 0.05) is 48.7 Å². The largest absolute Gasteiger partial charge is 0.372 e. The fourth-order valence-electron chi connectivity index (χ4n) is 5.05. The van der Waals surface area contributed by atoms with Crippen LogP contribution in [0.2, 0.25) is 0 Å². The molecule has 0 aromatic heterocycles. The molecule has 5 heteroatoms. The Morgan fingerprint density at radius 3 is 2.09 bits per heavy atom. The van der Waals surface area contributed by atoms with E-state index >= 15 is 0 Å². The number of benzene rings is 3. The molecule has 3 aromatic carbocycles. The number of hydrogen-bond acceptors (Lipinski definition) is 3. The molecule has 0 N–H and O–H groups in total. The quantitative estimate of drug-likeness (QED) is 0.453. The molecule has 1 heterocycles. The van der Waals surface area contributed by atoms with Gasteiger partial charge in [0.2, 0.25) is 5.91 Å². The zero-order valence-corrected chi connectivity index (χ0v) is 20.4. The lowest BCUT2D eigenvalue weighted by Gasteiger charge is -2.43. The van der Waals surface area contributed by atoms with Gasteiger partial charge >= 0.3 is 0 Å². The second-order valence-corrected chi connectivity index (χ2v) is 8.78. The van der Waals surface area contributed by atoms with Gasteiger partial charge in [-0.05, 0) is 75.2 Å². The van der Waals surface area contributed by atoms with Crippen LogP contribution in [0.1, 0.15) is 56.1 Å². The van der Waals surface area contributed by atoms with E-state index in [1.165, 1.54) is 0 Å². The van der Waals surface area contributed by atoms with E-state index in [9.17, 15) is 9.59 Å². The summed E-state index contributed by atoms with van der Waals surface area (Å²) in [6, 6.07) is 25.4. The van der Waals surface area contributed by atoms with Crippen molar-refractivity contribution in [3.8, 4) is 0 Å². The van der Waals surface area contributed by atoms with Crippen LogP contribution in [0, 0.1) is 0 Å². The second-order valence-electron chi connectivity index (χ2n) is 8.78. The number of carbonyl (C=O) groups is 2. The Kier molecular flexibility index (Phi) is 7.01. The lowest BCUT2D eigenvalue weighted by atomic mass is 9.89. The molecule has 0 aliphatic carbocycles. The molecule has 2 atom stereocenters. The molecule has 3 aromatic rings. The molecule has 0 saturated heterocycles. The van der Waals surface area contributed by atoms with Gasteiger partial charge in [-0.25, -0.2) is 0 Å². The fraction of sp³-hybridized carbons (Fsp3) is 0.310. The number of hydrogen-bond donors (Lipinski definition) is 0. The van der Waals surface area contributed by atoms with E-state index in [2.05, 4.69) is 25.7 Å². The van der Waals surface area contributed by atoms with Gasteiger partial charge in [-0.15, -0.1) is 0 Å². The van der Waals surface area contributed by atoms with Crippen LogP contribution in [0.4, 0.5) is 17.1 Å². The van der Waals surface area contributed by atoms with Crippen LogP contribution >= 0.6 is 0 Å². The molecule has 34 heavy (non-hydrogen) atoms. The van der Waals surface area contributed by atoms with E-state index in [1.54, 1.807) is 6.92 Å². The van der Waals surface area contributed by atoms with E-state index in [0.717, 1.165) is 35.7 Å². The molecule has 0 fully saturated rings. The molecule has 1 aliphatic rings. The van der Waals surface area contributed by atoms with E-state index < -0.39 is 0 Å². The average Bonchev–Trinajstić information content (AvgIpc) is 2.85. The molecule has 0 saturated carbocycles. The highest BCUT2D eigenvalue weighted by atomic mass is 16.2. The monoisotopic (exact) mass is 455 g/mol. The summed E-state index contributed by atoms with van der Waals surface area (Å²) in [5, 5.41) is 0. The molecular weight excluding hydrogens is 422 g/mol. The predicted octanol–water partition coefficient (Wildman–Crippen LogP) is 6.07. The van der Waals surface area contributed by atoms with Gasteiger partial charge in [-0.2, -0.15) is 0 Å². The number of carbonyl (C=O) groups excluding carboxylic acids is 2. The molecule has 2 amide bonds. The first-order valence-corrected chi connectivity index (χ1v) is 12.1. The molecule has 0 bridgehead atoms. The molecular formula is C29H33N3O2. The molecule has 1 aliphatic heterocycles. The van der Waals surface area contributed by atoms with Crippen molar-refractivity contribution in [3.63, 3.8) is 0 Å². The predicted molar refractivity (Wildman–Crippen MR) is 140 cm³/mol. The van der Waals surface area contributed by atoms with Crippen molar-refractivity contribution in [2.45, 2.75) is 46.2 Å². The topological polar surface area (TPSA) is 43.9 Å². The van der Waals surface area contributed by atoms with Gasteiger partial charge < -0.3 is 14.7 Å². The number of nitrogens with zero attached hydrogens (tertiary/aromatic N) is 3. The Morgan fingerprint density at radius 1 is 0.853 bits per heavy atom. The van der Waals surface area contributed by atoms with Crippen molar-refractivity contribution in [3.05, 3.63) is 90.0 Å². The number of fused-ring (bicyclic) bond motifs is 1. The van der Waals surface area contributed by atoms with Crippen molar-refractivity contribution in [2.24, 2.45) is 0 Å². The zero-order valence-electron chi connectivity index (χ0n) is 20.4. The Morgan fingerprint density at radius 2 is 1.47 bits per heavy atom. The fourth-order valence-corrected chi connectivity index (χ4v) is 5.05. The third-order valence-electron chi connectivity index (χ3n) is 6.71. The highest BCUT2D eigenvalue weighted by Crippen LogP contribution is 2.42. The third-order valence-corrected chi connectivity index (χ3v) is 6.71. The lowest BCUT2D eigenvalue weighted by Crippen LogP contribution is -2.47. The maximum atomic E-state index is 13.7. The Labute approximate surface area is 202 Å². The normalized spacial score (nSPS) is 17.1. The van der Waals surface area contributed by atoms with Crippen LogP contribution in [-0.2, 0) is 4.79 Å². The number of amides is 2. The summed E-state index contributed by atoms with van der Waals surface area (Å²) >= 11 is 0. The molecule has 0 spiro atoms. The van der Waals surface area contributed by atoms with Crippen molar-refractivity contribution in [1.29, 1.82) is 0 Å². The van der Waals surface area contributed by atoms with Crippen LogP contribution in [0.3, 0.4) is 0 Å². The smallest absolute Gasteiger partial charge is 0.258 e. The third kappa shape index (κ3) is 4.43. The van der Waals surface area contributed by atoms with E-state index in [4.69, 9.17) is 0 Å². The van der Waals surface area contributed by atoms with E-state index in [0.29, 0.717) is 12.0 Å². The van der Waals surface area contributed by atoms with Crippen LogP contribution in [0.15, 0.2) is 78.9 Å². The lowest BCUT2D eigenvalue weighted by molar-refractivity contribution is -0.117. The van der Waals surface area contributed by atoms with Crippen LogP contribution in [-0.4, -0.2) is 30.9 Å². The van der Waals surface area contributed by atoms with Crippen molar-refractivity contribution >= 4 is 28.9 Å². The minimum Gasteiger partial charge on any atom is -0.372 e. The minimum atomic E-state index is -0.139. The average molecular weight is 456 g/mol. The van der Waals surface area contributed by atoms with E-state index in [-0.39, 0.29) is 23.9 Å². The highest BCUT2D eigenvalue weighted by molar-refractivity contribution is 6.07. The van der Waals surface area contributed by atoms with Gasteiger partial charge in [-0.1, -0.05) is 36.4 Å². The van der Waals surface area contributed by atoms with Crippen LogP contribution in [0.5, 0.6) is 0 Å². The van der Waals surface area contributed by atoms with Gasteiger partial charge in [0.25, 0.3) is 5.91 Å². The first kappa shape index (κ1) is 23.6. The number of para-hydroxylation sites is 2. The molecule has 5 nitrogen and oxygen atoms in total. The summed E-state index contributed by atoms with van der Waals surface area (Å²) in [5.41, 5.74) is 4.52. The summed E-state index contributed by atoms with van der Waals surface area (Å²) < 4.78 is 0. The Bertz CT molecular complexity index is 1140. The number of anilines is 3. The van der Waals surface area contributed by atoms with Gasteiger partial charge in [-0.3, -0.25) is 9.59 Å². The molecule has 0 radical (unpaired) electrons. The van der Waals surface area contributed by atoms with Crippen LogP contribution in [0.25, 0.3) is 0 Å². The van der Waals surface area contributed by atoms with Gasteiger partial charge in [0.15, 0.2) is 0 Å². The summed E-state index contributed by atoms with van der Waals surface area (Å²) in [5.74, 6) is -0.0245. The van der Waals surface area contributed by atoms with Crippen molar-refractivity contribution < 1.29 is 9.59 Å². The van der Waals surface area contributed by atoms with Gasteiger partial charge in [0.1, 0.15) is 0 Å². The van der Waals surface area contributed by atoms with Gasteiger partial charge in [0.05, 0.1) is 6.04 Å². The van der Waals surface area contributed by atoms with Crippen LogP contribution < -0.4 is 14.7 Å². The summed E-state index contributed by atoms with van der Waals surface area (Å²) in [6.07, 6.45) is 0.661. The molecule has 176 valence electrons. The molecule has 4 rings (SSSR count). The summed E-state index contributed by atoms with van der Waals surface area (Å²) in [4.78, 5) is 32.5. The van der Waals surface area contributed by atoms with Crippen molar-refractivity contribution in [1.82, 2.24) is 0 Å². The SMILES string of the molecule is CCN(CC)c1ccc(C(=O)N2c3ccccc3[C@H](N(C(C)=O)c3ccccc3)C[C@@H]2C)cc1. The standard InChI is InChI=1S/C29H33N3O2/c1-5-30(6-2)24-18-16-23(17-19-24)29(34)31-21(3)20-28(26-14-10-11-15-27(26)31)32(22(4)33)25-12-8-7-9-13-25/h7-19,21,28H,5-6,20H2,1-4H3/t21-,28+/m0/s1. The number of rotatable bonds is 6. The van der Waals surface area contributed by atoms with E-state index in [1.807, 2.05) is 88.7 Å². The summed E-state index contributed by atoms with van der Waals surface area (Å²) in [6.45, 7) is 9.78. The highest BCUT2D eigenvalue weighted by Gasteiger charge is 2.38. The first-order valence-electron chi connectivity index (χ1n) is 12.1. The Hall–Kier alpha value is -3.60. The zero-order chi connectivity index (χ0) is 24.2. The minimum absolute atomic E-state index is 0.00929. The Balaban J connectivity index is 1.70. The van der Waals surface area contributed by atoms with Crippen molar-refractivity contribution in [2.75, 3.05) is 27.8 Å². The first-order chi connectivity index (χ1) is 16.5. The maximum Gasteiger partial charge on any atom is 0.258 e. The second kappa shape index (κ2) is 10.1. The molecule has 0 unspecified atom stereocenters. The maximum absolute atomic E-state index is 13.7.